The van der Waals surface area contributed by atoms with E-state index in [0.29, 0.717) is 28.6 Å². The number of carbonyl (C=O) groups excluding carboxylic acids is 2. The number of esters is 1. The SMILES string of the molecule is CCn1c2ccccc2c2cc(NC(=O)COC(=O)Cn3cc(C(F)(F)F)ccc3=O)ccc21. The van der Waals surface area contributed by atoms with E-state index in [1.165, 1.54) is 0 Å². The highest BCUT2D eigenvalue weighted by molar-refractivity contribution is 6.09. The molecule has 0 unspecified atom stereocenters. The zero-order valence-electron chi connectivity index (χ0n) is 18.1. The van der Waals surface area contributed by atoms with Crippen molar-refractivity contribution in [1.29, 1.82) is 0 Å². The van der Waals surface area contributed by atoms with E-state index in [1.807, 2.05) is 43.3 Å². The molecule has 0 atom stereocenters. The Morgan fingerprint density at radius 2 is 1.74 bits per heavy atom. The van der Waals surface area contributed by atoms with Crippen LogP contribution in [0.2, 0.25) is 0 Å². The monoisotopic (exact) mass is 471 g/mol. The standard InChI is InChI=1S/C24H20F3N3O4/c1-2-30-19-6-4-3-5-17(19)18-11-16(8-9-20(18)30)28-21(31)14-34-23(33)13-29-12-15(24(25,26)27)7-10-22(29)32/h3-12H,2,13-14H2,1H3,(H,28,31). The van der Waals surface area contributed by atoms with Crippen LogP contribution in [0.15, 0.2) is 65.6 Å². The molecule has 1 amide bonds. The van der Waals surface area contributed by atoms with E-state index < -0.39 is 42.3 Å². The Morgan fingerprint density at radius 1 is 1.00 bits per heavy atom. The van der Waals surface area contributed by atoms with Crippen LogP contribution in [0.5, 0.6) is 0 Å². The van der Waals surface area contributed by atoms with Crippen LogP contribution in [-0.4, -0.2) is 27.6 Å². The summed E-state index contributed by atoms with van der Waals surface area (Å²) in [5.41, 5.74) is 0.718. The molecule has 34 heavy (non-hydrogen) atoms. The normalized spacial score (nSPS) is 11.6. The molecule has 0 bridgehead atoms. The third-order valence-corrected chi connectivity index (χ3v) is 5.35. The van der Waals surface area contributed by atoms with Crippen LogP contribution in [0, 0.1) is 0 Å². The van der Waals surface area contributed by atoms with E-state index in [2.05, 4.69) is 9.88 Å². The van der Waals surface area contributed by atoms with Gasteiger partial charge in [-0.1, -0.05) is 18.2 Å². The first-order valence-electron chi connectivity index (χ1n) is 10.4. The predicted molar refractivity (Wildman–Crippen MR) is 120 cm³/mol. The number of pyridine rings is 1. The molecular formula is C24H20F3N3O4. The Bertz CT molecular complexity index is 1450. The number of alkyl halides is 3. The summed E-state index contributed by atoms with van der Waals surface area (Å²) in [7, 11) is 0. The lowest BCUT2D eigenvalue weighted by molar-refractivity contribution is -0.148. The molecular weight excluding hydrogens is 451 g/mol. The Labute approximate surface area is 191 Å². The Morgan fingerprint density at radius 3 is 2.47 bits per heavy atom. The number of ether oxygens (including phenoxy) is 1. The molecule has 176 valence electrons. The molecule has 2 aromatic carbocycles. The summed E-state index contributed by atoms with van der Waals surface area (Å²) >= 11 is 0. The van der Waals surface area contributed by atoms with Crippen LogP contribution >= 0.6 is 0 Å². The molecule has 1 N–H and O–H groups in total. The second-order valence-corrected chi connectivity index (χ2v) is 7.58. The highest BCUT2D eigenvalue weighted by atomic mass is 19.4. The zero-order chi connectivity index (χ0) is 24.5. The van der Waals surface area contributed by atoms with Gasteiger partial charge >= 0.3 is 12.1 Å². The molecule has 4 aromatic rings. The largest absolute Gasteiger partial charge is 0.454 e. The Kier molecular flexibility index (Phi) is 6.14. The molecule has 7 nitrogen and oxygen atoms in total. The van der Waals surface area contributed by atoms with Crippen molar-refractivity contribution >= 4 is 39.4 Å². The first-order valence-corrected chi connectivity index (χ1v) is 10.4. The van der Waals surface area contributed by atoms with Crippen molar-refractivity contribution in [2.75, 3.05) is 11.9 Å². The fraction of sp³-hybridized carbons (Fsp3) is 0.208. The predicted octanol–water partition coefficient (Wildman–Crippen LogP) is 4.18. The number of amides is 1. The molecule has 0 fully saturated rings. The topological polar surface area (TPSA) is 82.3 Å². The number of anilines is 1. The lowest BCUT2D eigenvalue weighted by Crippen LogP contribution is -2.28. The molecule has 0 radical (unpaired) electrons. The number of benzene rings is 2. The number of halogens is 3. The van der Waals surface area contributed by atoms with Gasteiger partial charge in [-0.2, -0.15) is 13.2 Å². The average molecular weight is 471 g/mol. The van der Waals surface area contributed by atoms with Gasteiger partial charge in [-0.05, 0) is 37.3 Å². The summed E-state index contributed by atoms with van der Waals surface area (Å²) in [6, 6.07) is 14.7. The summed E-state index contributed by atoms with van der Waals surface area (Å²) in [5, 5.41) is 4.63. The second kappa shape index (κ2) is 9.05. The second-order valence-electron chi connectivity index (χ2n) is 7.58. The van der Waals surface area contributed by atoms with Crippen LogP contribution < -0.4 is 10.9 Å². The van der Waals surface area contributed by atoms with E-state index in [1.54, 1.807) is 6.07 Å². The van der Waals surface area contributed by atoms with Crippen molar-refractivity contribution in [1.82, 2.24) is 9.13 Å². The van der Waals surface area contributed by atoms with Crippen LogP contribution in [0.3, 0.4) is 0 Å². The van der Waals surface area contributed by atoms with Gasteiger partial charge in [0, 0.05) is 46.3 Å². The van der Waals surface area contributed by atoms with Gasteiger partial charge in [0.25, 0.3) is 11.5 Å². The summed E-state index contributed by atoms with van der Waals surface area (Å²) in [5.74, 6) is -1.64. The highest BCUT2D eigenvalue weighted by Crippen LogP contribution is 2.31. The van der Waals surface area contributed by atoms with Crippen molar-refractivity contribution < 1.29 is 27.5 Å². The van der Waals surface area contributed by atoms with E-state index in [0.717, 1.165) is 28.4 Å². The number of nitrogens with one attached hydrogen (secondary N) is 1. The molecule has 0 aliphatic carbocycles. The number of rotatable bonds is 6. The number of hydrogen-bond acceptors (Lipinski definition) is 4. The molecule has 2 aromatic heterocycles. The van der Waals surface area contributed by atoms with Gasteiger partial charge in [0.15, 0.2) is 6.61 Å². The van der Waals surface area contributed by atoms with Crippen LogP contribution in [0.25, 0.3) is 21.8 Å². The van der Waals surface area contributed by atoms with Gasteiger partial charge in [-0.25, -0.2) is 0 Å². The highest BCUT2D eigenvalue weighted by Gasteiger charge is 2.31. The number of aryl methyl sites for hydroxylation is 1. The molecule has 0 spiro atoms. The summed E-state index contributed by atoms with van der Waals surface area (Å²) in [6.07, 6.45) is -4.13. The summed E-state index contributed by atoms with van der Waals surface area (Å²) in [6.45, 7) is 1.42. The van der Waals surface area contributed by atoms with Gasteiger partial charge in [0.05, 0.1) is 5.56 Å². The number of fused-ring (bicyclic) bond motifs is 3. The molecule has 10 heteroatoms. The summed E-state index contributed by atoms with van der Waals surface area (Å²) < 4.78 is 46.0. The number of carbonyl (C=O) groups is 2. The number of hydrogen-bond donors (Lipinski definition) is 1. The van der Waals surface area contributed by atoms with E-state index in [9.17, 15) is 27.6 Å². The first kappa shape index (κ1) is 23.1. The third-order valence-electron chi connectivity index (χ3n) is 5.35. The van der Waals surface area contributed by atoms with Crippen molar-refractivity contribution in [2.45, 2.75) is 26.2 Å². The van der Waals surface area contributed by atoms with Gasteiger partial charge in [0.2, 0.25) is 0 Å². The number of para-hydroxylation sites is 1. The van der Waals surface area contributed by atoms with E-state index in [-0.39, 0.29) is 0 Å². The Balaban J connectivity index is 1.42. The molecule has 0 aliphatic heterocycles. The third kappa shape index (κ3) is 4.66. The van der Waals surface area contributed by atoms with Crippen LogP contribution in [0.4, 0.5) is 18.9 Å². The molecule has 2 heterocycles. The van der Waals surface area contributed by atoms with Crippen LogP contribution in [0.1, 0.15) is 12.5 Å². The van der Waals surface area contributed by atoms with Gasteiger partial charge < -0.3 is 19.2 Å². The van der Waals surface area contributed by atoms with Gasteiger partial charge in [0.1, 0.15) is 6.54 Å². The first-order chi connectivity index (χ1) is 16.2. The minimum absolute atomic E-state index is 0.502. The molecule has 4 rings (SSSR count). The van der Waals surface area contributed by atoms with E-state index in [4.69, 9.17) is 4.74 Å². The molecule has 0 aliphatic rings. The van der Waals surface area contributed by atoms with Gasteiger partial charge in [-0.15, -0.1) is 0 Å². The number of aromatic nitrogens is 2. The maximum atomic E-state index is 12.8. The van der Waals surface area contributed by atoms with Crippen molar-refractivity contribution in [2.24, 2.45) is 0 Å². The average Bonchev–Trinajstić information content (AvgIpc) is 3.11. The van der Waals surface area contributed by atoms with Crippen molar-refractivity contribution in [3.63, 3.8) is 0 Å². The Hall–Kier alpha value is -4.08. The molecule has 0 saturated heterocycles. The minimum Gasteiger partial charge on any atom is -0.454 e. The fourth-order valence-electron chi connectivity index (χ4n) is 3.82. The lowest BCUT2D eigenvalue weighted by Gasteiger charge is -2.11. The smallest absolute Gasteiger partial charge is 0.417 e. The maximum absolute atomic E-state index is 12.8. The minimum atomic E-state index is -4.66. The van der Waals surface area contributed by atoms with Crippen molar-refractivity contribution in [3.05, 3.63) is 76.7 Å². The number of nitrogens with zero attached hydrogens (tertiary/aromatic N) is 2. The lowest BCUT2D eigenvalue weighted by atomic mass is 10.1. The maximum Gasteiger partial charge on any atom is 0.417 e. The fourth-order valence-corrected chi connectivity index (χ4v) is 3.82. The quantitative estimate of drug-likeness (QED) is 0.428. The summed E-state index contributed by atoms with van der Waals surface area (Å²) in [4.78, 5) is 36.0. The van der Waals surface area contributed by atoms with Crippen molar-refractivity contribution in [3.8, 4) is 0 Å². The van der Waals surface area contributed by atoms with Gasteiger partial charge in [-0.3, -0.25) is 14.4 Å². The zero-order valence-corrected chi connectivity index (χ0v) is 18.1. The molecule has 0 saturated carbocycles. The van der Waals surface area contributed by atoms with Crippen LogP contribution in [-0.2, 0) is 33.6 Å². The van der Waals surface area contributed by atoms with E-state index >= 15 is 0 Å².